The van der Waals surface area contributed by atoms with E-state index in [2.05, 4.69) is 50.4 Å². The molecule has 0 spiro atoms. The summed E-state index contributed by atoms with van der Waals surface area (Å²) in [5.41, 5.74) is 3.21. The summed E-state index contributed by atoms with van der Waals surface area (Å²) < 4.78 is 13.3. The van der Waals surface area contributed by atoms with Gasteiger partial charge < -0.3 is 10.2 Å². The molecule has 0 fully saturated rings. The molecule has 0 aliphatic heterocycles. The summed E-state index contributed by atoms with van der Waals surface area (Å²) >= 11 is 0. The molecule has 2 amide bonds. The van der Waals surface area contributed by atoms with Gasteiger partial charge in [0.25, 0.3) is 0 Å². The fourth-order valence-electron chi connectivity index (χ4n) is 3.40. The Labute approximate surface area is 192 Å². The molecule has 2 atom stereocenters. The molecule has 1 N–H and O–H groups in total. The third kappa shape index (κ3) is 7.47. The third-order valence-electron chi connectivity index (χ3n) is 5.88. The number of rotatable bonds is 9. The SMILES string of the molecule is CCC(C)NC(=O)C(C)N(Cc1ccc(F)cc1)C(=O)CCc1ccc(C(C)(C)C)cc1. The highest BCUT2D eigenvalue weighted by atomic mass is 19.1. The van der Waals surface area contributed by atoms with Crippen LogP contribution in [-0.2, 0) is 28.0 Å². The van der Waals surface area contributed by atoms with Crippen molar-refractivity contribution in [3.63, 3.8) is 0 Å². The predicted octanol–water partition coefficient (Wildman–Crippen LogP) is 5.39. The molecule has 5 heteroatoms. The summed E-state index contributed by atoms with van der Waals surface area (Å²) in [5.74, 6) is -0.599. The van der Waals surface area contributed by atoms with Gasteiger partial charge in [0.2, 0.25) is 11.8 Å². The van der Waals surface area contributed by atoms with Crippen molar-refractivity contribution in [1.29, 1.82) is 0 Å². The van der Waals surface area contributed by atoms with Crippen LogP contribution in [0, 0.1) is 5.82 Å². The van der Waals surface area contributed by atoms with Gasteiger partial charge in [0.1, 0.15) is 11.9 Å². The Morgan fingerprint density at radius 1 is 0.969 bits per heavy atom. The first-order valence-electron chi connectivity index (χ1n) is 11.4. The van der Waals surface area contributed by atoms with E-state index in [1.807, 2.05) is 13.8 Å². The molecule has 2 unspecified atom stereocenters. The van der Waals surface area contributed by atoms with Crippen LogP contribution in [-0.4, -0.2) is 28.8 Å². The number of halogens is 1. The third-order valence-corrected chi connectivity index (χ3v) is 5.88. The number of carbonyl (C=O) groups is 2. The molecule has 0 aliphatic carbocycles. The smallest absolute Gasteiger partial charge is 0.242 e. The second kappa shape index (κ2) is 11.3. The Morgan fingerprint density at radius 3 is 2.06 bits per heavy atom. The van der Waals surface area contributed by atoms with E-state index in [9.17, 15) is 14.0 Å². The lowest BCUT2D eigenvalue weighted by Crippen LogP contribution is -2.49. The van der Waals surface area contributed by atoms with E-state index in [1.165, 1.54) is 17.7 Å². The number of benzene rings is 2. The Hall–Kier alpha value is -2.69. The number of hydrogen-bond acceptors (Lipinski definition) is 2. The highest BCUT2D eigenvalue weighted by Gasteiger charge is 2.26. The Morgan fingerprint density at radius 2 is 1.53 bits per heavy atom. The van der Waals surface area contributed by atoms with Gasteiger partial charge in [0, 0.05) is 19.0 Å². The highest BCUT2D eigenvalue weighted by molar-refractivity contribution is 5.87. The maximum Gasteiger partial charge on any atom is 0.242 e. The molecule has 174 valence electrons. The van der Waals surface area contributed by atoms with Crippen LogP contribution in [0.4, 0.5) is 4.39 Å². The standard InChI is InChI=1S/C27H37FN2O2/c1-7-19(2)29-26(32)20(3)30(18-22-10-15-24(28)16-11-22)25(31)17-12-21-8-13-23(14-9-21)27(4,5)6/h8-11,13-16,19-20H,7,12,17-18H2,1-6H3,(H,29,32). The number of aryl methyl sites for hydroxylation is 1. The van der Waals surface area contributed by atoms with Crippen LogP contribution in [0.3, 0.4) is 0 Å². The van der Waals surface area contributed by atoms with Crippen LogP contribution in [0.25, 0.3) is 0 Å². The van der Waals surface area contributed by atoms with Crippen LogP contribution in [0.2, 0.25) is 0 Å². The van der Waals surface area contributed by atoms with Crippen molar-refractivity contribution in [2.24, 2.45) is 0 Å². The summed E-state index contributed by atoms with van der Waals surface area (Å²) in [6, 6.07) is 13.8. The Bertz CT molecular complexity index is 885. The van der Waals surface area contributed by atoms with Gasteiger partial charge in [-0.3, -0.25) is 9.59 Å². The molecular formula is C27H37FN2O2. The average molecular weight is 441 g/mol. The number of amides is 2. The van der Waals surface area contributed by atoms with Crippen molar-refractivity contribution >= 4 is 11.8 Å². The van der Waals surface area contributed by atoms with Crippen molar-refractivity contribution in [3.05, 3.63) is 71.0 Å². The van der Waals surface area contributed by atoms with Crippen molar-refractivity contribution in [2.45, 2.75) is 84.8 Å². The highest BCUT2D eigenvalue weighted by Crippen LogP contribution is 2.22. The van der Waals surface area contributed by atoms with Crippen molar-refractivity contribution in [3.8, 4) is 0 Å². The largest absolute Gasteiger partial charge is 0.352 e. The molecule has 0 radical (unpaired) electrons. The lowest BCUT2D eigenvalue weighted by molar-refractivity contribution is -0.140. The van der Waals surface area contributed by atoms with Gasteiger partial charge in [-0.2, -0.15) is 0 Å². The maximum absolute atomic E-state index is 13.3. The minimum absolute atomic E-state index is 0.0362. The average Bonchev–Trinajstić information content (AvgIpc) is 2.76. The normalized spacial score (nSPS) is 13.3. The Balaban J connectivity index is 2.13. The van der Waals surface area contributed by atoms with Gasteiger partial charge >= 0.3 is 0 Å². The minimum Gasteiger partial charge on any atom is -0.352 e. The minimum atomic E-state index is -0.621. The molecule has 2 aromatic carbocycles. The van der Waals surface area contributed by atoms with Crippen molar-refractivity contribution < 1.29 is 14.0 Å². The quantitative estimate of drug-likeness (QED) is 0.568. The van der Waals surface area contributed by atoms with E-state index in [1.54, 1.807) is 24.0 Å². The number of carbonyl (C=O) groups excluding carboxylic acids is 2. The fraction of sp³-hybridized carbons (Fsp3) is 0.481. The number of nitrogens with one attached hydrogen (secondary N) is 1. The van der Waals surface area contributed by atoms with Gasteiger partial charge in [-0.15, -0.1) is 0 Å². The summed E-state index contributed by atoms with van der Waals surface area (Å²) in [6.07, 6.45) is 1.72. The summed E-state index contributed by atoms with van der Waals surface area (Å²) in [7, 11) is 0. The van der Waals surface area contributed by atoms with Crippen LogP contribution >= 0.6 is 0 Å². The van der Waals surface area contributed by atoms with Crippen LogP contribution in [0.5, 0.6) is 0 Å². The van der Waals surface area contributed by atoms with Gasteiger partial charge in [-0.1, -0.05) is 64.1 Å². The van der Waals surface area contributed by atoms with E-state index in [4.69, 9.17) is 0 Å². The Kier molecular flexibility index (Phi) is 8.99. The second-order valence-corrected chi connectivity index (χ2v) is 9.59. The lowest BCUT2D eigenvalue weighted by atomic mass is 9.86. The zero-order chi connectivity index (χ0) is 23.9. The zero-order valence-electron chi connectivity index (χ0n) is 20.2. The second-order valence-electron chi connectivity index (χ2n) is 9.59. The maximum atomic E-state index is 13.3. The molecule has 0 saturated carbocycles. The number of nitrogens with zero attached hydrogens (tertiary/aromatic N) is 1. The van der Waals surface area contributed by atoms with Crippen molar-refractivity contribution in [2.75, 3.05) is 0 Å². The van der Waals surface area contributed by atoms with Crippen LogP contribution in [0.1, 0.15) is 71.1 Å². The van der Waals surface area contributed by atoms with Crippen LogP contribution < -0.4 is 5.32 Å². The van der Waals surface area contributed by atoms with Gasteiger partial charge in [0.05, 0.1) is 0 Å². The molecule has 0 aromatic heterocycles. The molecular weight excluding hydrogens is 403 g/mol. The van der Waals surface area contributed by atoms with E-state index in [0.29, 0.717) is 12.8 Å². The predicted molar refractivity (Wildman–Crippen MR) is 128 cm³/mol. The summed E-state index contributed by atoms with van der Waals surface area (Å²) in [5, 5.41) is 2.96. The van der Waals surface area contributed by atoms with Crippen molar-refractivity contribution in [1.82, 2.24) is 10.2 Å². The van der Waals surface area contributed by atoms with E-state index < -0.39 is 6.04 Å². The molecule has 4 nitrogen and oxygen atoms in total. The summed E-state index contributed by atoms with van der Waals surface area (Å²) in [6.45, 7) is 12.5. The molecule has 0 aliphatic rings. The summed E-state index contributed by atoms with van der Waals surface area (Å²) in [4.78, 5) is 27.5. The molecule has 0 bridgehead atoms. The fourth-order valence-corrected chi connectivity index (χ4v) is 3.40. The molecule has 0 saturated heterocycles. The van der Waals surface area contributed by atoms with Gasteiger partial charge in [-0.25, -0.2) is 4.39 Å². The molecule has 2 rings (SSSR count). The van der Waals surface area contributed by atoms with E-state index >= 15 is 0 Å². The van der Waals surface area contributed by atoms with Crippen LogP contribution in [0.15, 0.2) is 48.5 Å². The molecule has 2 aromatic rings. The lowest BCUT2D eigenvalue weighted by Gasteiger charge is -2.30. The molecule has 0 heterocycles. The first-order chi connectivity index (χ1) is 15.0. The van der Waals surface area contributed by atoms with Gasteiger partial charge in [-0.05, 0) is 60.9 Å². The first kappa shape index (κ1) is 25.6. The van der Waals surface area contributed by atoms with Gasteiger partial charge in [0.15, 0.2) is 0 Å². The monoisotopic (exact) mass is 440 g/mol. The topological polar surface area (TPSA) is 49.4 Å². The van der Waals surface area contributed by atoms with E-state index in [-0.39, 0.29) is 35.6 Å². The van der Waals surface area contributed by atoms with E-state index in [0.717, 1.165) is 17.5 Å². The molecule has 32 heavy (non-hydrogen) atoms. The first-order valence-corrected chi connectivity index (χ1v) is 11.4. The number of hydrogen-bond donors (Lipinski definition) is 1. The zero-order valence-corrected chi connectivity index (χ0v) is 20.2.